The molecule has 2 aromatic rings. The number of aromatic carboxylic acids is 1. The second-order valence-corrected chi connectivity index (χ2v) is 5.88. The summed E-state index contributed by atoms with van der Waals surface area (Å²) in [7, 11) is -3.83. The molecular weight excluding hydrogens is 304 g/mol. The second kappa shape index (κ2) is 5.48. The van der Waals surface area contributed by atoms with E-state index in [2.05, 4.69) is 9.71 Å². The minimum absolute atomic E-state index is 0.121. The maximum atomic E-state index is 12.1. The van der Waals surface area contributed by atoms with Crippen LogP contribution in [0.1, 0.15) is 10.4 Å². The fourth-order valence-corrected chi connectivity index (χ4v) is 2.88. The summed E-state index contributed by atoms with van der Waals surface area (Å²) in [5.41, 5.74) is 0.188. The van der Waals surface area contributed by atoms with Gasteiger partial charge in [-0.1, -0.05) is 11.6 Å². The number of anilines is 1. The van der Waals surface area contributed by atoms with Crippen molar-refractivity contribution in [3.05, 3.63) is 53.3 Å². The average Bonchev–Trinajstić information content (AvgIpc) is 2.38. The standard InChI is InChI=1S/C12H9ClN2O4S/c13-11-7-9(1-2-10(11)12(16)17)20(18,19)15-8-3-5-14-6-4-8/h1-7H,(H,14,15)(H,16,17). The fraction of sp³-hybridized carbons (Fsp3) is 0. The predicted molar refractivity (Wildman–Crippen MR) is 73.5 cm³/mol. The van der Waals surface area contributed by atoms with E-state index in [0.29, 0.717) is 5.69 Å². The van der Waals surface area contributed by atoms with Crippen LogP contribution in [0.2, 0.25) is 5.02 Å². The molecule has 0 unspecified atom stereocenters. The molecule has 0 spiro atoms. The van der Waals surface area contributed by atoms with Crippen molar-refractivity contribution in [3.63, 3.8) is 0 Å². The van der Waals surface area contributed by atoms with Gasteiger partial charge in [-0.2, -0.15) is 0 Å². The summed E-state index contributed by atoms with van der Waals surface area (Å²) in [4.78, 5) is 14.5. The molecule has 0 saturated heterocycles. The minimum Gasteiger partial charge on any atom is -0.478 e. The van der Waals surface area contributed by atoms with E-state index in [1.54, 1.807) is 0 Å². The Hall–Kier alpha value is -2.12. The van der Waals surface area contributed by atoms with Crippen molar-refractivity contribution in [3.8, 4) is 0 Å². The third-order valence-electron chi connectivity index (χ3n) is 2.41. The van der Waals surface area contributed by atoms with Gasteiger partial charge in [0.25, 0.3) is 10.0 Å². The number of hydrogen-bond donors (Lipinski definition) is 2. The molecule has 8 heteroatoms. The molecule has 2 N–H and O–H groups in total. The largest absolute Gasteiger partial charge is 0.478 e. The Labute approximate surface area is 120 Å². The highest BCUT2D eigenvalue weighted by Gasteiger charge is 2.17. The topological polar surface area (TPSA) is 96.4 Å². The van der Waals surface area contributed by atoms with Crippen LogP contribution in [0.4, 0.5) is 5.69 Å². The van der Waals surface area contributed by atoms with Crippen molar-refractivity contribution in [2.24, 2.45) is 0 Å². The number of nitrogens with one attached hydrogen (secondary N) is 1. The number of rotatable bonds is 4. The van der Waals surface area contributed by atoms with Crippen molar-refractivity contribution < 1.29 is 18.3 Å². The van der Waals surface area contributed by atoms with E-state index in [1.807, 2.05) is 0 Å². The third-order valence-corrected chi connectivity index (χ3v) is 4.11. The second-order valence-electron chi connectivity index (χ2n) is 3.79. The third kappa shape index (κ3) is 3.06. The Morgan fingerprint density at radius 3 is 2.40 bits per heavy atom. The lowest BCUT2D eigenvalue weighted by molar-refractivity contribution is 0.0697. The van der Waals surface area contributed by atoms with E-state index < -0.39 is 16.0 Å². The molecule has 1 aromatic heterocycles. The first-order chi connectivity index (χ1) is 9.40. The van der Waals surface area contributed by atoms with Gasteiger partial charge in [0.05, 0.1) is 21.2 Å². The monoisotopic (exact) mass is 312 g/mol. The van der Waals surface area contributed by atoms with E-state index in [0.717, 1.165) is 12.1 Å². The zero-order valence-corrected chi connectivity index (χ0v) is 11.5. The lowest BCUT2D eigenvalue weighted by Crippen LogP contribution is -2.13. The maximum Gasteiger partial charge on any atom is 0.337 e. The number of benzene rings is 1. The summed E-state index contributed by atoms with van der Waals surface area (Å²) in [6.45, 7) is 0. The van der Waals surface area contributed by atoms with Crippen LogP contribution in [0.5, 0.6) is 0 Å². The van der Waals surface area contributed by atoms with Crippen LogP contribution in [0.15, 0.2) is 47.6 Å². The van der Waals surface area contributed by atoms with Crippen LogP contribution in [-0.4, -0.2) is 24.5 Å². The van der Waals surface area contributed by atoms with Gasteiger partial charge in [-0.3, -0.25) is 9.71 Å². The molecule has 0 radical (unpaired) electrons. The molecule has 0 saturated carbocycles. The average molecular weight is 313 g/mol. The SMILES string of the molecule is O=C(O)c1ccc(S(=O)(=O)Nc2ccncc2)cc1Cl. The summed E-state index contributed by atoms with van der Waals surface area (Å²) in [5, 5.41) is 8.69. The maximum absolute atomic E-state index is 12.1. The number of nitrogens with zero attached hydrogens (tertiary/aromatic N) is 1. The first kappa shape index (κ1) is 14.3. The molecule has 2 rings (SSSR count). The number of carbonyl (C=O) groups is 1. The minimum atomic E-state index is -3.83. The van der Waals surface area contributed by atoms with E-state index >= 15 is 0 Å². The fourth-order valence-electron chi connectivity index (χ4n) is 1.47. The number of carboxylic acids is 1. The summed E-state index contributed by atoms with van der Waals surface area (Å²) in [6, 6.07) is 6.40. The summed E-state index contributed by atoms with van der Waals surface area (Å²) >= 11 is 5.75. The van der Waals surface area contributed by atoms with Gasteiger partial charge >= 0.3 is 5.97 Å². The van der Waals surface area contributed by atoms with Crippen molar-refractivity contribution >= 4 is 33.3 Å². The van der Waals surface area contributed by atoms with Crippen LogP contribution in [-0.2, 0) is 10.0 Å². The lowest BCUT2D eigenvalue weighted by atomic mass is 10.2. The normalized spacial score (nSPS) is 11.1. The Morgan fingerprint density at radius 1 is 1.20 bits per heavy atom. The van der Waals surface area contributed by atoms with E-state index in [9.17, 15) is 13.2 Å². The van der Waals surface area contributed by atoms with Gasteiger partial charge in [0.15, 0.2) is 0 Å². The smallest absolute Gasteiger partial charge is 0.337 e. The molecule has 0 atom stereocenters. The first-order valence-electron chi connectivity index (χ1n) is 5.36. The Kier molecular flexibility index (Phi) is 3.91. The van der Waals surface area contributed by atoms with Crippen molar-refractivity contribution in [2.75, 3.05) is 4.72 Å². The van der Waals surface area contributed by atoms with E-state index in [-0.39, 0.29) is 15.5 Å². The quantitative estimate of drug-likeness (QED) is 0.902. The molecule has 1 aromatic carbocycles. The van der Waals surface area contributed by atoms with E-state index in [4.69, 9.17) is 16.7 Å². The van der Waals surface area contributed by atoms with Crippen LogP contribution >= 0.6 is 11.6 Å². The highest BCUT2D eigenvalue weighted by Crippen LogP contribution is 2.22. The number of aromatic nitrogens is 1. The van der Waals surface area contributed by atoms with Crippen LogP contribution in [0.25, 0.3) is 0 Å². The van der Waals surface area contributed by atoms with Crippen molar-refractivity contribution in [2.45, 2.75) is 4.90 Å². The van der Waals surface area contributed by atoms with E-state index in [1.165, 1.54) is 30.6 Å². The highest BCUT2D eigenvalue weighted by molar-refractivity contribution is 7.92. The molecule has 6 nitrogen and oxygen atoms in total. The lowest BCUT2D eigenvalue weighted by Gasteiger charge is -2.08. The van der Waals surface area contributed by atoms with Crippen LogP contribution < -0.4 is 4.72 Å². The van der Waals surface area contributed by atoms with Gasteiger partial charge in [-0.25, -0.2) is 13.2 Å². The number of halogens is 1. The van der Waals surface area contributed by atoms with Gasteiger partial charge < -0.3 is 5.11 Å². The molecule has 0 bridgehead atoms. The van der Waals surface area contributed by atoms with Crippen molar-refractivity contribution in [1.82, 2.24) is 4.98 Å². The van der Waals surface area contributed by atoms with Gasteiger partial charge in [-0.15, -0.1) is 0 Å². The number of hydrogen-bond acceptors (Lipinski definition) is 4. The summed E-state index contributed by atoms with van der Waals surface area (Å²) in [5.74, 6) is -1.22. The molecular formula is C12H9ClN2O4S. The molecule has 20 heavy (non-hydrogen) atoms. The molecule has 0 fully saturated rings. The number of pyridine rings is 1. The first-order valence-corrected chi connectivity index (χ1v) is 7.22. The number of carboxylic acid groups (broad SMARTS) is 1. The molecule has 0 aliphatic heterocycles. The van der Waals surface area contributed by atoms with Gasteiger partial charge in [0.2, 0.25) is 0 Å². The molecule has 0 amide bonds. The molecule has 0 aliphatic carbocycles. The molecule has 104 valence electrons. The zero-order valence-electron chi connectivity index (χ0n) is 9.95. The zero-order chi connectivity index (χ0) is 14.8. The van der Waals surface area contributed by atoms with Gasteiger partial charge in [-0.05, 0) is 30.3 Å². The predicted octanol–water partition coefficient (Wildman–Crippen LogP) is 2.23. The van der Waals surface area contributed by atoms with Gasteiger partial charge in [0.1, 0.15) is 0 Å². The Bertz CT molecular complexity index is 747. The van der Waals surface area contributed by atoms with Gasteiger partial charge in [0, 0.05) is 12.4 Å². The van der Waals surface area contributed by atoms with Crippen molar-refractivity contribution in [1.29, 1.82) is 0 Å². The Balaban J connectivity index is 2.35. The van der Waals surface area contributed by atoms with Crippen LogP contribution in [0, 0.1) is 0 Å². The van der Waals surface area contributed by atoms with Crippen LogP contribution in [0.3, 0.4) is 0 Å². The molecule has 1 heterocycles. The summed E-state index contributed by atoms with van der Waals surface area (Å²) < 4.78 is 26.5. The number of sulfonamides is 1. The highest BCUT2D eigenvalue weighted by atomic mass is 35.5. The Morgan fingerprint density at radius 2 is 1.85 bits per heavy atom. The molecule has 0 aliphatic rings. The summed E-state index contributed by atoms with van der Waals surface area (Å²) in [6.07, 6.45) is 2.89.